The maximum Gasteiger partial charge on any atom is 0.472 e. The third-order valence-corrected chi connectivity index (χ3v) is 10.7. The molecule has 0 bridgehead atoms. The van der Waals surface area contributed by atoms with Gasteiger partial charge in [-0.3, -0.25) is 18.6 Å². The van der Waals surface area contributed by atoms with Crippen LogP contribution < -0.4 is 0 Å². The molecule has 1 rings (SSSR count). The molecule has 11 heteroatoms. The number of aliphatic hydroxyl groups excluding tert-OH is 2. The second-order valence-electron chi connectivity index (χ2n) is 14.6. The molecule has 1 aliphatic rings. The van der Waals surface area contributed by atoms with Gasteiger partial charge in [-0.2, -0.15) is 0 Å². The number of hydrogen-bond acceptors (Lipinski definition) is 9. The Hall–Kier alpha value is -1.03. The van der Waals surface area contributed by atoms with Crippen LogP contribution in [0.5, 0.6) is 0 Å². The van der Waals surface area contributed by atoms with Crippen LogP contribution in [0.3, 0.4) is 0 Å². The number of phosphoric ester groups is 1. The highest BCUT2D eigenvalue weighted by Crippen LogP contribution is 2.46. The first kappa shape index (κ1) is 47.0. The number of aliphatic hydroxyl groups is 2. The quantitative estimate of drug-likeness (QED) is 0.0320. The van der Waals surface area contributed by atoms with Crippen molar-refractivity contribution >= 4 is 19.8 Å². The smallest absolute Gasteiger partial charge is 0.462 e. The number of hydrogen-bond donors (Lipinski definition) is 3. The van der Waals surface area contributed by atoms with Crippen molar-refractivity contribution in [2.24, 2.45) is 11.8 Å². The van der Waals surface area contributed by atoms with E-state index in [-0.39, 0.29) is 19.4 Å². The molecule has 0 aliphatic heterocycles. The number of ether oxygens (including phenoxy) is 2. The zero-order valence-corrected chi connectivity index (χ0v) is 32.8. The van der Waals surface area contributed by atoms with Crippen molar-refractivity contribution in [2.75, 3.05) is 26.4 Å². The predicted octanol–water partition coefficient (Wildman–Crippen LogP) is 9.75. The Balaban J connectivity index is 2.27. The van der Waals surface area contributed by atoms with Crippen LogP contribution in [0, 0.1) is 11.8 Å². The van der Waals surface area contributed by atoms with Crippen molar-refractivity contribution in [3.63, 3.8) is 0 Å². The summed E-state index contributed by atoms with van der Waals surface area (Å²) in [5.74, 6) is 0.973. The molecule has 1 saturated carbocycles. The maximum absolute atomic E-state index is 12.6. The second-order valence-corrected chi connectivity index (χ2v) is 16.0. The van der Waals surface area contributed by atoms with E-state index in [1.54, 1.807) is 0 Å². The SMILES string of the molecule is CCCCCCCCCCCCCCCC(=O)OC[C@H](COP(=O)(O)OCC(O)CO)OC(=O)CCCCCCCC1CC1CCCCCC. The first-order chi connectivity index (χ1) is 24.2. The lowest BCUT2D eigenvalue weighted by atomic mass is 10.0. The Morgan fingerprint density at radius 3 is 1.54 bits per heavy atom. The molecule has 1 fully saturated rings. The number of esters is 2. The Bertz CT molecular complexity index is 872. The number of phosphoric acid groups is 1. The van der Waals surface area contributed by atoms with Gasteiger partial charge in [0.1, 0.15) is 12.7 Å². The normalized spacial score (nSPS) is 18.0. The highest BCUT2D eigenvalue weighted by Gasteiger charge is 2.35. The van der Waals surface area contributed by atoms with Crippen LogP contribution in [-0.2, 0) is 32.7 Å². The standard InChI is InChI=1S/C39H75O10P/c1-3-5-7-9-10-11-12-13-14-15-16-19-23-27-38(42)46-32-37(33-48-50(44,45)47-31-36(41)30-40)49-39(43)28-24-20-17-18-22-26-35-29-34(35)25-21-8-6-4-2/h34-37,40-41H,3-33H2,1-2H3,(H,44,45)/t34?,35?,36?,37-/m1/s1. The Morgan fingerprint density at radius 1 is 0.620 bits per heavy atom. The molecule has 0 heterocycles. The van der Waals surface area contributed by atoms with Crippen LogP contribution in [-0.4, -0.2) is 65.7 Å². The molecule has 10 nitrogen and oxygen atoms in total. The molecule has 50 heavy (non-hydrogen) atoms. The largest absolute Gasteiger partial charge is 0.472 e. The molecule has 0 aromatic rings. The van der Waals surface area contributed by atoms with Crippen LogP contribution in [0.1, 0.15) is 187 Å². The van der Waals surface area contributed by atoms with Crippen molar-refractivity contribution in [2.45, 2.75) is 199 Å². The van der Waals surface area contributed by atoms with Crippen LogP contribution in [0.25, 0.3) is 0 Å². The van der Waals surface area contributed by atoms with E-state index in [2.05, 4.69) is 18.4 Å². The minimum atomic E-state index is -4.60. The van der Waals surface area contributed by atoms with Gasteiger partial charge in [0, 0.05) is 12.8 Å². The summed E-state index contributed by atoms with van der Waals surface area (Å²) in [4.78, 5) is 34.9. The van der Waals surface area contributed by atoms with Crippen LogP contribution in [0.2, 0.25) is 0 Å². The molecule has 0 aromatic heterocycles. The van der Waals surface area contributed by atoms with Gasteiger partial charge in [0.25, 0.3) is 0 Å². The molecule has 0 amide bonds. The van der Waals surface area contributed by atoms with Gasteiger partial charge in [-0.15, -0.1) is 0 Å². The first-order valence-corrected chi connectivity index (χ1v) is 22.0. The highest BCUT2D eigenvalue weighted by atomic mass is 31.2. The van der Waals surface area contributed by atoms with E-state index in [0.717, 1.165) is 43.9 Å². The van der Waals surface area contributed by atoms with Crippen molar-refractivity contribution in [3.8, 4) is 0 Å². The first-order valence-electron chi connectivity index (χ1n) is 20.5. The Morgan fingerprint density at radius 2 is 1.04 bits per heavy atom. The topological polar surface area (TPSA) is 149 Å². The van der Waals surface area contributed by atoms with Crippen LogP contribution >= 0.6 is 7.82 Å². The van der Waals surface area contributed by atoms with Gasteiger partial charge in [0.05, 0.1) is 19.8 Å². The molecule has 296 valence electrons. The molecule has 1 aliphatic carbocycles. The molecule has 0 spiro atoms. The summed E-state index contributed by atoms with van der Waals surface area (Å²) in [5.41, 5.74) is 0. The van der Waals surface area contributed by atoms with Gasteiger partial charge in [-0.1, -0.05) is 155 Å². The van der Waals surface area contributed by atoms with Gasteiger partial charge in [-0.05, 0) is 31.1 Å². The van der Waals surface area contributed by atoms with Gasteiger partial charge in [0.2, 0.25) is 0 Å². The summed E-state index contributed by atoms with van der Waals surface area (Å²) in [5, 5.41) is 18.3. The van der Waals surface area contributed by atoms with E-state index in [4.69, 9.17) is 19.1 Å². The molecule has 0 radical (unpaired) electrons. The average Bonchev–Trinajstić information content (AvgIpc) is 3.86. The third kappa shape index (κ3) is 28.5. The molecule has 0 saturated heterocycles. The summed E-state index contributed by atoms with van der Waals surface area (Å²) in [6.45, 7) is 2.41. The number of carbonyl (C=O) groups excluding carboxylic acids is 2. The summed E-state index contributed by atoms with van der Waals surface area (Å²) in [7, 11) is -4.60. The van der Waals surface area contributed by atoms with Gasteiger partial charge < -0.3 is 24.6 Å². The number of rotatable bonds is 37. The minimum absolute atomic E-state index is 0.196. The van der Waals surface area contributed by atoms with Crippen molar-refractivity contribution < 1.29 is 47.8 Å². The van der Waals surface area contributed by atoms with Crippen LogP contribution in [0.4, 0.5) is 0 Å². The van der Waals surface area contributed by atoms with Crippen molar-refractivity contribution in [1.29, 1.82) is 0 Å². The number of unbranched alkanes of at least 4 members (excludes halogenated alkanes) is 19. The molecular formula is C39H75O10P. The van der Waals surface area contributed by atoms with Gasteiger partial charge in [-0.25, -0.2) is 4.57 Å². The van der Waals surface area contributed by atoms with Gasteiger partial charge >= 0.3 is 19.8 Å². The molecule has 0 aromatic carbocycles. The second kappa shape index (κ2) is 31.5. The van der Waals surface area contributed by atoms with E-state index in [0.29, 0.717) is 12.8 Å². The number of carbonyl (C=O) groups is 2. The zero-order chi connectivity index (χ0) is 36.7. The van der Waals surface area contributed by atoms with Crippen LogP contribution in [0.15, 0.2) is 0 Å². The lowest BCUT2D eigenvalue weighted by molar-refractivity contribution is -0.161. The summed E-state index contributed by atoms with van der Waals surface area (Å²) >= 11 is 0. The summed E-state index contributed by atoms with van der Waals surface area (Å²) in [6, 6.07) is 0. The van der Waals surface area contributed by atoms with Crippen molar-refractivity contribution in [3.05, 3.63) is 0 Å². The van der Waals surface area contributed by atoms with E-state index in [9.17, 15) is 24.2 Å². The molecule has 4 unspecified atom stereocenters. The lowest BCUT2D eigenvalue weighted by Crippen LogP contribution is -2.29. The van der Waals surface area contributed by atoms with Gasteiger partial charge in [0.15, 0.2) is 6.10 Å². The Labute approximate surface area is 304 Å². The fourth-order valence-electron chi connectivity index (χ4n) is 6.41. The highest BCUT2D eigenvalue weighted by molar-refractivity contribution is 7.47. The maximum atomic E-state index is 12.6. The fourth-order valence-corrected chi connectivity index (χ4v) is 7.20. The zero-order valence-electron chi connectivity index (χ0n) is 31.9. The Kier molecular flexibility index (Phi) is 29.6. The molecular weight excluding hydrogens is 659 g/mol. The van der Waals surface area contributed by atoms with E-state index >= 15 is 0 Å². The average molecular weight is 735 g/mol. The lowest BCUT2D eigenvalue weighted by Gasteiger charge is -2.20. The molecule has 5 atom stereocenters. The van der Waals surface area contributed by atoms with E-state index < -0.39 is 51.8 Å². The minimum Gasteiger partial charge on any atom is -0.462 e. The molecule has 3 N–H and O–H groups in total. The third-order valence-electron chi connectivity index (χ3n) is 9.73. The fraction of sp³-hybridized carbons (Fsp3) is 0.949. The monoisotopic (exact) mass is 735 g/mol. The predicted molar refractivity (Wildman–Crippen MR) is 199 cm³/mol. The van der Waals surface area contributed by atoms with E-state index in [1.807, 2.05) is 0 Å². The van der Waals surface area contributed by atoms with E-state index in [1.165, 1.54) is 116 Å². The summed E-state index contributed by atoms with van der Waals surface area (Å²) < 4.78 is 32.7. The van der Waals surface area contributed by atoms with Crippen molar-refractivity contribution in [1.82, 2.24) is 0 Å². The summed E-state index contributed by atoms with van der Waals surface area (Å²) in [6.07, 6.45) is 28.3.